The van der Waals surface area contributed by atoms with E-state index in [1.165, 1.54) is 7.11 Å². The number of ether oxygens (including phenoxy) is 1. The molecule has 0 bridgehead atoms. The molecule has 2 aromatic carbocycles. The van der Waals surface area contributed by atoms with Gasteiger partial charge < -0.3 is 40.2 Å². The number of likely N-dealkylation sites (tertiary alicyclic amines) is 2. The third-order valence-corrected chi connectivity index (χ3v) is 11.4. The van der Waals surface area contributed by atoms with Crippen LogP contribution in [-0.2, 0) is 14.3 Å². The SMILES string of the molecule is COC(=O)N[C@H](C(=O)N1[C@@H]2C[C@@H]2C[C@H]1c1nc2ccc(C#CC#Cc3ccc4nc([C@H]5C[C@H]6C[C@H]6N5C(=O)[C@@H](NC(=O)O)C(C)C)[nH]c4c3)cc2[nH]1)C(C)C. The molecule has 14 heteroatoms. The monoisotopic (exact) mass is 744 g/mol. The number of methoxy groups -OCH3 is 1. The van der Waals surface area contributed by atoms with Gasteiger partial charge in [0.15, 0.2) is 0 Å². The van der Waals surface area contributed by atoms with Gasteiger partial charge in [-0.2, -0.15) is 0 Å². The lowest BCUT2D eigenvalue weighted by atomic mass is 10.0. The third kappa shape index (κ3) is 6.93. The number of hydrogen-bond acceptors (Lipinski definition) is 7. The van der Waals surface area contributed by atoms with Crippen LogP contribution in [0.1, 0.15) is 88.2 Å². The normalized spacial score (nSPS) is 24.3. The Morgan fingerprint density at radius 3 is 1.62 bits per heavy atom. The fraction of sp³-hybridized carbons (Fsp3) is 0.463. The number of aromatic nitrogens is 4. The number of benzene rings is 2. The second-order valence-corrected chi connectivity index (χ2v) is 15.9. The molecule has 0 unspecified atom stereocenters. The lowest BCUT2D eigenvalue weighted by Crippen LogP contribution is -2.52. The van der Waals surface area contributed by atoms with Crippen LogP contribution < -0.4 is 10.6 Å². The van der Waals surface area contributed by atoms with Gasteiger partial charge in [0.1, 0.15) is 23.7 Å². The summed E-state index contributed by atoms with van der Waals surface area (Å²) in [4.78, 5) is 71.0. The van der Waals surface area contributed by atoms with Crippen molar-refractivity contribution in [1.29, 1.82) is 0 Å². The number of aromatic amines is 2. The number of piperidine rings is 2. The maximum atomic E-state index is 13.8. The van der Waals surface area contributed by atoms with Gasteiger partial charge in [0.05, 0.1) is 41.3 Å². The first-order valence-electron chi connectivity index (χ1n) is 18.9. The molecule has 4 heterocycles. The van der Waals surface area contributed by atoms with Crippen molar-refractivity contribution in [2.75, 3.05) is 7.11 Å². The van der Waals surface area contributed by atoms with Gasteiger partial charge in [-0.3, -0.25) is 9.59 Å². The first-order valence-corrected chi connectivity index (χ1v) is 18.9. The predicted octanol–water partition coefficient (Wildman–Crippen LogP) is 4.84. The standard InChI is InChI=1S/C41H44N8O6/c1-20(2)34(46-40(52)53)38(50)48-30-16-24(30)18-32(48)36-42-26-12-10-22(14-28(26)44-36)8-6-7-9-23-11-13-27-29(15-23)45-37(43-27)33-19-25-17-31(25)49(33)39(51)35(21(3)4)47-41(54)55-5/h10-15,20-21,24-25,30-35,46H,16-19H2,1-5H3,(H,42,44)(H,43,45)(H,47,54)(H,52,53)/t24-,25-,30-,31-,32-,33+,34+,35+/m1/s1. The largest absolute Gasteiger partial charge is 0.465 e. The summed E-state index contributed by atoms with van der Waals surface area (Å²) in [5.74, 6) is 13.7. The third-order valence-electron chi connectivity index (χ3n) is 11.4. The van der Waals surface area contributed by atoms with Gasteiger partial charge in [0, 0.05) is 23.2 Å². The van der Waals surface area contributed by atoms with Crippen LogP contribution in [-0.4, -0.2) is 90.1 Å². The van der Waals surface area contributed by atoms with Crippen LogP contribution in [0.15, 0.2) is 36.4 Å². The number of carboxylic acid groups (broad SMARTS) is 1. The Hall–Kier alpha value is -6.02. The zero-order valence-corrected chi connectivity index (χ0v) is 31.3. The Labute approximate surface area is 318 Å². The number of H-pyrrole nitrogens is 2. The number of imidazole rings is 2. The number of rotatable bonds is 8. The Morgan fingerprint density at radius 1 is 0.745 bits per heavy atom. The maximum Gasteiger partial charge on any atom is 0.407 e. The fourth-order valence-corrected chi connectivity index (χ4v) is 8.44. The van der Waals surface area contributed by atoms with Gasteiger partial charge in [-0.05, 0) is 97.6 Å². The quantitative estimate of drug-likeness (QED) is 0.159. The van der Waals surface area contributed by atoms with Gasteiger partial charge in [0.2, 0.25) is 11.8 Å². The van der Waals surface area contributed by atoms with Crippen molar-refractivity contribution >= 4 is 46.1 Å². The summed E-state index contributed by atoms with van der Waals surface area (Å²) in [7, 11) is 1.29. The molecule has 4 amide bonds. The van der Waals surface area contributed by atoms with E-state index in [1.807, 2.05) is 73.9 Å². The second-order valence-electron chi connectivity index (χ2n) is 15.9. The summed E-state index contributed by atoms with van der Waals surface area (Å²) in [5.41, 5.74) is 4.67. The molecule has 2 aliphatic carbocycles. The average molecular weight is 745 g/mol. The van der Waals surface area contributed by atoms with E-state index in [9.17, 15) is 24.3 Å². The van der Waals surface area contributed by atoms with Crippen LogP contribution in [0.4, 0.5) is 9.59 Å². The van der Waals surface area contributed by atoms with E-state index >= 15 is 0 Å². The van der Waals surface area contributed by atoms with Gasteiger partial charge >= 0.3 is 12.2 Å². The minimum atomic E-state index is -1.21. The molecule has 2 saturated heterocycles. The Morgan fingerprint density at radius 2 is 1.20 bits per heavy atom. The molecule has 5 N–H and O–H groups in total. The molecule has 2 saturated carbocycles. The summed E-state index contributed by atoms with van der Waals surface area (Å²) < 4.78 is 4.78. The number of carbonyl (C=O) groups excluding carboxylic acids is 3. The van der Waals surface area contributed by atoms with E-state index < -0.39 is 24.3 Å². The minimum absolute atomic E-state index is 0.109. The highest BCUT2D eigenvalue weighted by Gasteiger charge is 2.57. The van der Waals surface area contributed by atoms with Crippen molar-refractivity contribution < 1.29 is 29.0 Å². The van der Waals surface area contributed by atoms with Crippen molar-refractivity contribution in [3.05, 3.63) is 59.2 Å². The molecule has 0 spiro atoms. The lowest BCUT2D eigenvalue weighted by molar-refractivity contribution is -0.137. The molecule has 55 heavy (non-hydrogen) atoms. The number of nitrogens with zero attached hydrogens (tertiary/aromatic N) is 4. The number of nitrogens with one attached hydrogen (secondary N) is 4. The van der Waals surface area contributed by atoms with Crippen LogP contribution in [0.25, 0.3) is 22.1 Å². The lowest BCUT2D eigenvalue weighted by Gasteiger charge is -2.31. The van der Waals surface area contributed by atoms with Gasteiger partial charge in [-0.25, -0.2) is 19.6 Å². The molecule has 4 aromatic rings. The fourth-order valence-electron chi connectivity index (χ4n) is 8.44. The number of hydrogen-bond donors (Lipinski definition) is 5. The predicted molar refractivity (Wildman–Crippen MR) is 202 cm³/mol. The van der Waals surface area contributed by atoms with Crippen LogP contribution in [0.2, 0.25) is 0 Å². The van der Waals surface area contributed by atoms with E-state index in [1.54, 1.807) is 0 Å². The van der Waals surface area contributed by atoms with E-state index in [4.69, 9.17) is 14.7 Å². The number of fused-ring (bicyclic) bond motifs is 4. The first-order chi connectivity index (χ1) is 26.4. The van der Waals surface area contributed by atoms with E-state index in [2.05, 4.69) is 44.3 Å². The molecule has 284 valence electrons. The zero-order chi connectivity index (χ0) is 38.7. The molecule has 8 atom stereocenters. The van der Waals surface area contributed by atoms with Gasteiger partial charge in [0.25, 0.3) is 0 Å². The Kier molecular flexibility index (Phi) is 9.16. The van der Waals surface area contributed by atoms with Crippen molar-refractivity contribution in [3.8, 4) is 23.7 Å². The van der Waals surface area contributed by atoms with Crippen molar-refractivity contribution in [1.82, 2.24) is 40.4 Å². The highest BCUT2D eigenvalue weighted by atomic mass is 16.5. The zero-order valence-electron chi connectivity index (χ0n) is 31.3. The Bertz CT molecular complexity index is 2340. The van der Waals surface area contributed by atoms with Crippen LogP contribution in [0, 0.1) is 47.4 Å². The molecule has 14 nitrogen and oxygen atoms in total. The van der Waals surface area contributed by atoms with E-state index in [0.29, 0.717) is 17.7 Å². The van der Waals surface area contributed by atoms with Crippen LogP contribution in [0.5, 0.6) is 0 Å². The van der Waals surface area contributed by atoms with Crippen LogP contribution >= 0.6 is 0 Å². The summed E-state index contributed by atoms with van der Waals surface area (Å²) >= 11 is 0. The molecule has 8 rings (SSSR count). The minimum Gasteiger partial charge on any atom is -0.465 e. The molecule has 2 aliphatic heterocycles. The van der Waals surface area contributed by atoms with E-state index in [0.717, 1.165) is 64.7 Å². The second kappa shape index (κ2) is 14.0. The molecular formula is C41H44N8O6. The maximum absolute atomic E-state index is 13.8. The topological polar surface area (TPSA) is 186 Å². The average Bonchev–Trinajstić information content (AvgIpc) is 3.82. The number of carbonyl (C=O) groups is 4. The molecule has 2 aromatic heterocycles. The summed E-state index contributed by atoms with van der Waals surface area (Å²) in [5, 5.41) is 14.5. The summed E-state index contributed by atoms with van der Waals surface area (Å²) in [6.07, 6.45) is 1.65. The van der Waals surface area contributed by atoms with Crippen molar-refractivity contribution in [2.24, 2.45) is 23.7 Å². The summed E-state index contributed by atoms with van der Waals surface area (Å²) in [6.45, 7) is 7.49. The highest BCUT2D eigenvalue weighted by molar-refractivity contribution is 5.88. The Balaban J connectivity index is 0.960. The van der Waals surface area contributed by atoms with E-state index in [-0.39, 0.29) is 47.8 Å². The highest BCUT2D eigenvalue weighted by Crippen LogP contribution is 2.54. The molecular weight excluding hydrogens is 701 g/mol. The van der Waals surface area contributed by atoms with Gasteiger partial charge in [-0.1, -0.05) is 39.5 Å². The van der Waals surface area contributed by atoms with Crippen molar-refractivity contribution in [2.45, 2.75) is 89.6 Å². The van der Waals surface area contributed by atoms with Gasteiger partial charge in [-0.15, -0.1) is 0 Å². The smallest absolute Gasteiger partial charge is 0.407 e. The first kappa shape index (κ1) is 36.0. The molecule has 4 aliphatic rings. The number of amides is 4. The molecule has 0 radical (unpaired) electrons. The molecule has 4 fully saturated rings. The summed E-state index contributed by atoms with van der Waals surface area (Å²) in [6, 6.07) is 9.70. The number of alkyl carbamates (subject to hydrolysis) is 1. The van der Waals surface area contributed by atoms with Crippen molar-refractivity contribution in [3.63, 3.8) is 0 Å². The van der Waals surface area contributed by atoms with Crippen LogP contribution in [0.3, 0.4) is 0 Å².